The van der Waals surface area contributed by atoms with E-state index in [9.17, 15) is 9.59 Å². The Morgan fingerprint density at radius 2 is 2.00 bits per heavy atom. The van der Waals surface area contributed by atoms with Gasteiger partial charge in [-0.05, 0) is 19.3 Å². The van der Waals surface area contributed by atoms with E-state index in [1.165, 1.54) is 0 Å². The molecule has 1 aliphatic carbocycles. The second kappa shape index (κ2) is 3.90. The van der Waals surface area contributed by atoms with Crippen LogP contribution < -0.4 is 0 Å². The maximum Gasteiger partial charge on any atom is 0.227 e. The van der Waals surface area contributed by atoms with Gasteiger partial charge in [0.15, 0.2) is 5.78 Å². The zero-order valence-corrected chi connectivity index (χ0v) is 8.58. The van der Waals surface area contributed by atoms with E-state index in [0.29, 0.717) is 25.8 Å². The van der Waals surface area contributed by atoms with E-state index in [0.717, 1.165) is 24.1 Å². The van der Waals surface area contributed by atoms with E-state index < -0.39 is 0 Å². The molecule has 15 heavy (non-hydrogen) atoms. The van der Waals surface area contributed by atoms with Gasteiger partial charge in [-0.2, -0.15) is 0 Å². The molecule has 0 radical (unpaired) electrons. The van der Waals surface area contributed by atoms with Gasteiger partial charge in [0, 0.05) is 24.1 Å². The Labute approximate surface area is 89.1 Å². The summed E-state index contributed by atoms with van der Waals surface area (Å²) in [5.74, 6) is 2.73. The zero-order valence-electron chi connectivity index (χ0n) is 8.58. The first-order valence-corrected chi connectivity index (χ1v) is 5.23. The Kier molecular flexibility index (Phi) is 2.59. The summed E-state index contributed by atoms with van der Waals surface area (Å²) in [4.78, 5) is 24.9. The summed E-state index contributed by atoms with van der Waals surface area (Å²) >= 11 is 0. The molecule has 1 aliphatic heterocycles. The molecule has 0 spiro atoms. The lowest BCUT2D eigenvalue weighted by atomic mass is 9.88. The number of hydrogen-bond donors (Lipinski definition) is 0. The smallest absolute Gasteiger partial charge is 0.227 e. The van der Waals surface area contributed by atoms with Gasteiger partial charge in [0.1, 0.15) is 0 Å². The fourth-order valence-corrected chi connectivity index (χ4v) is 2.25. The lowest BCUT2D eigenvalue weighted by molar-refractivity contribution is -0.130. The third-order valence-electron chi connectivity index (χ3n) is 2.97. The van der Waals surface area contributed by atoms with Crippen LogP contribution in [0.15, 0.2) is 11.3 Å². The summed E-state index contributed by atoms with van der Waals surface area (Å²) in [6.07, 6.45) is 8.53. The molecule has 0 aromatic rings. The Morgan fingerprint density at radius 1 is 1.20 bits per heavy atom. The Hall–Kier alpha value is -1.56. The number of carbonyl (C=O) groups excluding carboxylic acids is 2. The molecular weight excluding hydrogens is 190 g/mol. The van der Waals surface area contributed by atoms with Gasteiger partial charge in [-0.3, -0.25) is 9.59 Å². The molecule has 3 nitrogen and oxygen atoms in total. The van der Waals surface area contributed by atoms with Crippen LogP contribution in [0.5, 0.6) is 0 Å². The van der Waals surface area contributed by atoms with Gasteiger partial charge < -0.3 is 4.90 Å². The molecule has 3 heteroatoms. The minimum Gasteiger partial charge on any atom is -0.304 e. The molecule has 0 aromatic heterocycles. The topological polar surface area (TPSA) is 37.4 Å². The van der Waals surface area contributed by atoms with Gasteiger partial charge in [0.2, 0.25) is 5.91 Å². The van der Waals surface area contributed by atoms with Gasteiger partial charge in [-0.25, -0.2) is 0 Å². The van der Waals surface area contributed by atoms with Crippen molar-refractivity contribution in [3.63, 3.8) is 0 Å². The van der Waals surface area contributed by atoms with Crippen molar-refractivity contribution in [1.82, 2.24) is 4.90 Å². The summed E-state index contributed by atoms with van der Waals surface area (Å²) in [6, 6.07) is 0. The van der Waals surface area contributed by atoms with Crippen molar-refractivity contribution in [2.24, 2.45) is 0 Å². The van der Waals surface area contributed by atoms with Crippen LogP contribution in [-0.2, 0) is 9.59 Å². The van der Waals surface area contributed by atoms with Crippen molar-refractivity contribution in [2.45, 2.75) is 32.1 Å². The molecule has 2 rings (SSSR count). The largest absolute Gasteiger partial charge is 0.304 e. The number of ketones is 1. The van der Waals surface area contributed by atoms with Gasteiger partial charge in [0.25, 0.3) is 0 Å². The minimum atomic E-state index is 0.0569. The fraction of sp³-hybridized carbons (Fsp3) is 0.500. The second-order valence-electron chi connectivity index (χ2n) is 3.89. The van der Waals surface area contributed by atoms with Crippen molar-refractivity contribution in [3.05, 3.63) is 11.3 Å². The highest BCUT2D eigenvalue weighted by atomic mass is 16.2. The van der Waals surface area contributed by atoms with Gasteiger partial charge >= 0.3 is 0 Å². The first-order chi connectivity index (χ1) is 7.24. The predicted molar refractivity (Wildman–Crippen MR) is 55.7 cm³/mol. The van der Waals surface area contributed by atoms with Crippen molar-refractivity contribution in [2.75, 3.05) is 6.54 Å². The van der Waals surface area contributed by atoms with Crippen LogP contribution >= 0.6 is 0 Å². The van der Waals surface area contributed by atoms with Crippen LogP contribution in [0.3, 0.4) is 0 Å². The van der Waals surface area contributed by atoms with E-state index >= 15 is 0 Å². The lowest BCUT2D eigenvalue weighted by Crippen LogP contribution is -2.37. The zero-order chi connectivity index (χ0) is 10.8. The van der Waals surface area contributed by atoms with Gasteiger partial charge in [-0.15, -0.1) is 6.42 Å². The van der Waals surface area contributed by atoms with E-state index in [1.54, 1.807) is 4.90 Å². The van der Waals surface area contributed by atoms with E-state index in [1.807, 2.05) is 0 Å². The van der Waals surface area contributed by atoms with Crippen molar-refractivity contribution < 1.29 is 9.59 Å². The van der Waals surface area contributed by atoms with E-state index in [2.05, 4.69) is 5.92 Å². The standard InChI is InChI=1S/C12H13NO2/c1-2-8-13-10-4-3-5-11(14)9(10)6-7-12(13)15/h1H,3-8H2. The van der Waals surface area contributed by atoms with Crippen LogP contribution in [-0.4, -0.2) is 23.1 Å². The Bertz CT molecular complexity index is 387. The molecule has 0 unspecified atom stereocenters. The molecule has 0 saturated heterocycles. The number of allylic oxidation sites excluding steroid dienone is 2. The Balaban J connectivity index is 2.36. The molecule has 1 heterocycles. The number of amides is 1. The quantitative estimate of drug-likeness (QED) is 0.601. The molecule has 0 aromatic carbocycles. The SMILES string of the molecule is C#CCN1C(=O)CCC2=C1CCCC2=O. The highest BCUT2D eigenvalue weighted by Gasteiger charge is 2.31. The average molecular weight is 203 g/mol. The third-order valence-corrected chi connectivity index (χ3v) is 2.97. The number of nitrogens with zero attached hydrogens (tertiary/aromatic N) is 1. The molecule has 0 fully saturated rings. The maximum absolute atomic E-state index is 11.6. The number of hydrogen-bond acceptors (Lipinski definition) is 2. The average Bonchev–Trinajstić information content (AvgIpc) is 2.23. The molecule has 0 N–H and O–H groups in total. The van der Waals surface area contributed by atoms with Gasteiger partial charge in [-0.1, -0.05) is 5.92 Å². The van der Waals surface area contributed by atoms with Gasteiger partial charge in [0.05, 0.1) is 6.54 Å². The van der Waals surface area contributed by atoms with Crippen LogP contribution in [0.25, 0.3) is 0 Å². The summed E-state index contributed by atoms with van der Waals surface area (Å²) in [7, 11) is 0. The molecular formula is C12H13NO2. The van der Waals surface area contributed by atoms with Crippen molar-refractivity contribution in [1.29, 1.82) is 0 Å². The summed E-state index contributed by atoms with van der Waals surface area (Å²) in [5, 5.41) is 0. The molecule has 0 saturated carbocycles. The first-order valence-electron chi connectivity index (χ1n) is 5.23. The number of Topliss-reactive ketones (excluding diaryl/α,β-unsaturated/α-hetero) is 1. The monoisotopic (exact) mass is 203 g/mol. The van der Waals surface area contributed by atoms with Crippen LogP contribution in [0.1, 0.15) is 32.1 Å². The summed E-state index contributed by atoms with van der Waals surface area (Å²) in [5.41, 5.74) is 1.73. The molecule has 78 valence electrons. The third kappa shape index (κ3) is 1.68. The number of terminal acetylenes is 1. The van der Waals surface area contributed by atoms with E-state index in [-0.39, 0.29) is 11.7 Å². The number of rotatable bonds is 1. The first kappa shape index (κ1) is 9.97. The molecule has 2 aliphatic rings. The molecule has 0 bridgehead atoms. The summed E-state index contributed by atoms with van der Waals surface area (Å²) < 4.78 is 0. The van der Waals surface area contributed by atoms with E-state index in [4.69, 9.17) is 6.42 Å². The van der Waals surface area contributed by atoms with Crippen LogP contribution in [0, 0.1) is 12.3 Å². The Morgan fingerprint density at radius 3 is 2.73 bits per heavy atom. The highest BCUT2D eigenvalue weighted by molar-refractivity contribution is 5.99. The summed E-state index contributed by atoms with van der Waals surface area (Å²) in [6.45, 7) is 0.297. The lowest BCUT2D eigenvalue weighted by Gasteiger charge is -2.32. The predicted octanol–water partition coefficient (Wildman–Crippen LogP) is 1.25. The van der Waals surface area contributed by atoms with Crippen molar-refractivity contribution >= 4 is 11.7 Å². The normalized spacial score (nSPS) is 21.4. The maximum atomic E-state index is 11.6. The van der Waals surface area contributed by atoms with Crippen LogP contribution in [0.2, 0.25) is 0 Å². The molecule has 0 atom stereocenters. The second-order valence-corrected chi connectivity index (χ2v) is 3.89. The van der Waals surface area contributed by atoms with Crippen LogP contribution in [0.4, 0.5) is 0 Å². The number of carbonyl (C=O) groups is 2. The fourth-order valence-electron chi connectivity index (χ4n) is 2.25. The minimum absolute atomic E-state index is 0.0569. The highest BCUT2D eigenvalue weighted by Crippen LogP contribution is 2.32. The molecule has 1 amide bonds. The van der Waals surface area contributed by atoms with Crippen molar-refractivity contribution in [3.8, 4) is 12.3 Å².